The maximum absolute atomic E-state index is 14.2. The maximum atomic E-state index is 14.2. The second-order valence-corrected chi connectivity index (χ2v) is 11.9. The molecule has 1 N–H and O–H groups in total. The van der Waals surface area contributed by atoms with Gasteiger partial charge in [-0.2, -0.15) is 26.3 Å². The van der Waals surface area contributed by atoms with E-state index >= 15 is 0 Å². The van der Waals surface area contributed by atoms with Crippen molar-refractivity contribution < 1.29 is 30.9 Å². The minimum absolute atomic E-state index is 0.0555. The van der Waals surface area contributed by atoms with Crippen LogP contribution in [0.15, 0.2) is 48.7 Å². The van der Waals surface area contributed by atoms with Crippen LogP contribution in [0, 0.1) is 5.92 Å². The van der Waals surface area contributed by atoms with Crippen molar-refractivity contribution in [3.05, 3.63) is 59.8 Å². The number of hydrogen-bond donors (Lipinski definition) is 1. The topological polar surface area (TPSA) is 40.0 Å². The first kappa shape index (κ1) is 27.4. The predicted molar refractivity (Wildman–Crippen MR) is 127 cm³/mol. The fraction of sp³-hybridized carbons (Fsp3) is 0.440. The maximum Gasteiger partial charge on any atom is 0.417 e. The predicted octanol–water partition coefficient (Wildman–Crippen LogP) is 7.64. The Labute approximate surface area is 203 Å². The van der Waals surface area contributed by atoms with E-state index in [2.05, 4.69) is 4.72 Å². The number of hydrogen-bond acceptors (Lipinski definition) is 2. The zero-order valence-electron chi connectivity index (χ0n) is 20.0. The molecule has 0 aliphatic carbocycles. The highest BCUT2D eigenvalue weighted by molar-refractivity contribution is 7.90. The molecule has 1 unspecified atom stereocenters. The average Bonchev–Trinajstić information content (AvgIpc) is 3.06. The van der Waals surface area contributed by atoms with Crippen LogP contribution in [0.5, 0.6) is 0 Å². The lowest BCUT2D eigenvalue weighted by molar-refractivity contribution is -0.152. The van der Waals surface area contributed by atoms with E-state index in [9.17, 15) is 30.9 Å². The fourth-order valence-electron chi connectivity index (χ4n) is 3.83. The normalized spacial score (nSPS) is 15.1. The van der Waals surface area contributed by atoms with Crippen LogP contribution in [0.3, 0.4) is 0 Å². The summed E-state index contributed by atoms with van der Waals surface area (Å²) in [7, 11) is 0. The van der Waals surface area contributed by atoms with Gasteiger partial charge >= 0.3 is 12.4 Å². The molecule has 0 saturated carbocycles. The molecule has 3 rings (SSSR count). The van der Waals surface area contributed by atoms with Crippen molar-refractivity contribution in [3.63, 3.8) is 0 Å². The van der Waals surface area contributed by atoms with Gasteiger partial charge in [-0.25, -0.2) is 0 Å². The van der Waals surface area contributed by atoms with E-state index < -0.39 is 40.1 Å². The molecule has 3 nitrogen and oxygen atoms in total. The quantitative estimate of drug-likeness (QED) is 0.269. The fourth-order valence-corrected chi connectivity index (χ4v) is 4.66. The molecule has 1 aromatic heterocycles. The Morgan fingerprint density at radius 2 is 1.60 bits per heavy atom. The van der Waals surface area contributed by atoms with Gasteiger partial charge in [0.25, 0.3) is 0 Å². The molecule has 0 saturated heterocycles. The highest BCUT2D eigenvalue weighted by Gasteiger charge is 2.47. The van der Waals surface area contributed by atoms with E-state index in [0.717, 1.165) is 6.07 Å². The van der Waals surface area contributed by atoms with Crippen molar-refractivity contribution in [2.45, 2.75) is 64.3 Å². The van der Waals surface area contributed by atoms with Crippen LogP contribution in [0.25, 0.3) is 22.0 Å². The molecule has 3 aromatic rings. The van der Waals surface area contributed by atoms with Crippen molar-refractivity contribution >= 4 is 22.3 Å². The molecule has 0 bridgehead atoms. The first-order valence-corrected chi connectivity index (χ1v) is 12.2. The number of nitrogens with zero attached hydrogens (tertiary/aromatic N) is 1. The number of halogens is 6. The van der Waals surface area contributed by atoms with Gasteiger partial charge in [0.2, 0.25) is 0 Å². The Hall–Kier alpha value is -2.17. The van der Waals surface area contributed by atoms with E-state index in [0.29, 0.717) is 12.1 Å². The number of alkyl halides is 6. The summed E-state index contributed by atoms with van der Waals surface area (Å²) in [4.78, 5) is 0. The number of fused-ring (bicyclic) bond motifs is 1. The van der Waals surface area contributed by atoms with Crippen molar-refractivity contribution in [1.82, 2.24) is 9.29 Å². The summed E-state index contributed by atoms with van der Waals surface area (Å²) in [5.41, 5.74) is -0.380. The first-order chi connectivity index (χ1) is 16.0. The molecule has 35 heavy (non-hydrogen) atoms. The van der Waals surface area contributed by atoms with Crippen LogP contribution in [-0.4, -0.2) is 20.0 Å². The van der Waals surface area contributed by atoms with Crippen LogP contribution < -0.4 is 4.72 Å². The standard InChI is InChI=1S/C25H28F6N2OS/c1-15(2)13-33-14-19(22(25(29,30)31)32-35(34)23(3,4)5)18-11-10-16(12-21(18)33)17-8-6-7-9-20(17)24(26,27)28/h6-12,14-15,22,32H,13H2,1-5H3/t22-,35?/m0/s1. The molecular weight excluding hydrogens is 490 g/mol. The van der Waals surface area contributed by atoms with Gasteiger partial charge in [0.1, 0.15) is 4.75 Å². The summed E-state index contributed by atoms with van der Waals surface area (Å²) in [5, 5.41) is 0.236. The SMILES string of the molecule is CC(C)Cn1cc([C@H](N[S+]([O-])C(C)(C)C)C(F)(F)F)c2ccc(-c3ccccc3C(F)(F)F)cc21. The number of benzene rings is 2. The molecule has 0 amide bonds. The second-order valence-electron chi connectivity index (χ2n) is 9.88. The molecule has 0 radical (unpaired) electrons. The molecule has 10 heteroatoms. The van der Waals surface area contributed by atoms with Gasteiger partial charge in [-0.1, -0.05) is 44.2 Å². The lowest BCUT2D eigenvalue weighted by atomic mass is 9.97. The summed E-state index contributed by atoms with van der Waals surface area (Å²) < 4.78 is 98.7. The Morgan fingerprint density at radius 1 is 0.971 bits per heavy atom. The second kappa shape index (κ2) is 9.71. The summed E-state index contributed by atoms with van der Waals surface area (Å²) in [5.74, 6) is 0.0607. The Balaban J connectivity index is 2.22. The van der Waals surface area contributed by atoms with Crippen molar-refractivity contribution in [2.75, 3.05) is 0 Å². The molecule has 0 aliphatic rings. The van der Waals surface area contributed by atoms with Crippen LogP contribution >= 0.6 is 0 Å². The number of aromatic nitrogens is 1. The average molecular weight is 519 g/mol. The molecule has 1 heterocycles. The van der Waals surface area contributed by atoms with E-state index in [1.54, 1.807) is 25.3 Å². The lowest BCUT2D eigenvalue weighted by Gasteiger charge is -2.29. The summed E-state index contributed by atoms with van der Waals surface area (Å²) in [6.45, 7) is 8.83. The van der Waals surface area contributed by atoms with Crippen LogP contribution in [0.1, 0.15) is 51.8 Å². The minimum Gasteiger partial charge on any atom is -0.598 e. The lowest BCUT2D eigenvalue weighted by Crippen LogP contribution is -2.45. The summed E-state index contributed by atoms with van der Waals surface area (Å²) in [6.07, 6.45) is -7.98. The van der Waals surface area contributed by atoms with Crippen molar-refractivity contribution in [1.29, 1.82) is 0 Å². The Kier molecular flexibility index (Phi) is 7.60. The molecule has 0 spiro atoms. The summed E-state index contributed by atoms with van der Waals surface area (Å²) in [6, 6.07) is 7.16. The van der Waals surface area contributed by atoms with Crippen LogP contribution in [-0.2, 0) is 24.1 Å². The van der Waals surface area contributed by atoms with Gasteiger partial charge in [-0.15, -0.1) is 4.72 Å². The third-order valence-electron chi connectivity index (χ3n) is 5.44. The molecule has 2 atom stereocenters. The smallest absolute Gasteiger partial charge is 0.417 e. The highest BCUT2D eigenvalue weighted by Crippen LogP contribution is 2.42. The van der Waals surface area contributed by atoms with Gasteiger partial charge in [0.15, 0.2) is 6.04 Å². The minimum atomic E-state index is -4.75. The van der Waals surface area contributed by atoms with Gasteiger partial charge in [0, 0.05) is 40.6 Å². The summed E-state index contributed by atoms with van der Waals surface area (Å²) >= 11 is -2.01. The van der Waals surface area contributed by atoms with E-state index in [4.69, 9.17) is 0 Å². The van der Waals surface area contributed by atoms with Gasteiger partial charge < -0.3 is 9.12 Å². The molecule has 0 aliphatic heterocycles. The zero-order chi connectivity index (χ0) is 26.3. The number of nitrogens with one attached hydrogen (secondary N) is 1. The van der Waals surface area contributed by atoms with Crippen LogP contribution in [0.4, 0.5) is 26.3 Å². The van der Waals surface area contributed by atoms with E-state index in [1.165, 1.54) is 42.6 Å². The van der Waals surface area contributed by atoms with Crippen molar-refractivity contribution in [3.8, 4) is 11.1 Å². The molecule has 0 fully saturated rings. The Bertz CT molecular complexity index is 1180. The van der Waals surface area contributed by atoms with E-state index in [1.807, 2.05) is 13.8 Å². The van der Waals surface area contributed by atoms with Crippen LogP contribution in [0.2, 0.25) is 0 Å². The highest BCUT2D eigenvalue weighted by atomic mass is 32.2. The Morgan fingerprint density at radius 3 is 2.14 bits per heavy atom. The van der Waals surface area contributed by atoms with Gasteiger partial charge in [0.05, 0.1) is 5.56 Å². The molecular formula is C25H28F6N2OS. The number of rotatable bonds is 6. The first-order valence-electron chi connectivity index (χ1n) is 11.0. The third-order valence-corrected chi connectivity index (χ3v) is 7.00. The largest absolute Gasteiger partial charge is 0.598 e. The van der Waals surface area contributed by atoms with Crippen molar-refractivity contribution in [2.24, 2.45) is 5.92 Å². The van der Waals surface area contributed by atoms with E-state index in [-0.39, 0.29) is 28.0 Å². The monoisotopic (exact) mass is 518 g/mol. The molecule has 2 aromatic carbocycles. The van der Waals surface area contributed by atoms with Gasteiger partial charge in [-0.05, 0) is 49.9 Å². The van der Waals surface area contributed by atoms with Gasteiger partial charge in [-0.3, -0.25) is 0 Å². The molecule has 192 valence electrons. The zero-order valence-corrected chi connectivity index (χ0v) is 20.8. The third kappa shape index (κ3) is 6.16.